The predicted molar refractivity (Wildman–Crippen MR) is 116 cm³/mol. The van der Waals surface area contributed by atoms with Crippen LogP contribution in [-0.4, -0.2) is 38.8 Å². The number of pyridine rings is 1. The minimum Gasteiger partial charge on any atom is -0.327 e. The summed E-state index contributed by atoms with van der Waals surface area (Å²) >= 11 is 0. The lowest BCUT2D eigenvalue weighted by Gasteiger charge is -2.26. The third-order valence-electron chi connectivity index (χ3n) is 5.63. The van der Waals surface area contributed by atoms with Gasteiger partial charge >= 0.3 is 5.69 Å². The van der Waals surface area contributed by atoms with Gasteiger partial charge in [0, 0.05) is 36.8 Å². The smallest absolute Gasteiger partial charge is 0.327 e. The van der Waals surface area contributed by atoms with E-state index in [1.54, 1.807) is 24.2 Å². The van der Waals surface area contributed by atoms with Crippen molar-refractivity contribution in [1.29, 1.82) is 0 Å². The molecule has 0 unspecified atom stereocenters. The fraction of sp³-hybridized carbons (Fsp3) is 0.273. The Kier molecular flexibility index (Phi) is 5.70. The fourth-order valence-electron chi connectivity index (χ4n) is 3.80. The van der Waals surface area contributed by atoms with E-state index < -0.39 is 11.8 Å². The van der Waals surface area contributed by atoms with Gasteiger partial charge in [-0.1, -0.05) is 6.07 Å². The topological polar surface area (TPSA) is 99.0 Å². The Labute approximate surface area is 182 Å². The number of anilines is 1. The van der Waals surface area contributed by atoms with E-state index in [1.165, 1.54) is 10.9 Å². The van der Waals surface area contributed by atoms with Crippen molar-refractivity contribution in [3.8, 4) is 16.9 Å². The lowest BCUT2D eigenvalue weighted by Crippen LogP contribution is -2.31. The minimum absolute atomic E-state index is 0.0956. The van der Waals surface area contributed by atoms with Crippen LogP contribution in [0.2, 0.25) is 0 Å². The van der Waals surface area contributed by atoms with Gasteiger partial charge in [0.1, 0.15) is 6.33 Å². The van der Waals surface area contributed by atoms with Crippen LogP contribution in [0.3, 0.4) is 0 Å². The van der Waals surface area contributed by atoms with E-state index in [-0.39, 0.29) is 24.6 Å². The maximum absolute atomic E-state index is 12.9. The molecule has 0 fully saturated rings. The monoisotopic (exact) mass is 440 g/mol. The normalized spacial score (nSPS) is 13.3. The SMILES string of the molecule is Cc1cc(-n2cnn(CC(CN)=C(F)F)c2=O)cnc1-c1ccc2c(c1)CCC(=O)N2C. The lowest BCUT2D eigenvalue weighted by molar-refractivity contribution is -0.118. The van der Waals surface area contributed by atoms with Crippen molar-refractivity contribution >= 4 is 11.6 Å². The number of aromatic nitrogens is 4. The minimum atomic E-state index is -1.91. The van der Waals surface area contributed by atoms with Crippen molar-refractivity contribution in [1.82, 2.24) is 19.3 Å². The summed E-state index contributed by atoms with van der Waals surface area (Å²) in [6.07, 6.45) is 2.06. The van der Waals surface area contributed by atoms with Crippen LogP contribution in [-0.2, 0) is 17.8 Å². The maximum Gasteiger partial charge on any atom is 0.350 e. The Morgan fingerprint density at radius 2 is 1.97 bits per heavy atom. The summed E-state index contributed by atoms with van der Waals surface area (Å²) < 4.78 is 27.9. The average molecular weight is 440 g/mol. The van der Waals surface area contributed by atoms with Gasteiger partial charge in [-0.2, -0.15) is 13.9 Å². The number of hydrogen-bond donors (Lipinski definition) is 1. The third-order valence-corrected chi connectivity index (χ3v) is 5.63. The van der Waals surface area contributed by atoms with E-state index in [2.05, 4.69) is 10.1 Å². The van der Waals surface area contributed by atoms with Crippen LogP contribution in [0, 0.1) is 6.92 Å². The van der Waals surface area contributed by atoms with Crippen LogP contribution in [0.5, 0.6) is 0 Å². The second-order valence-electron chi connectivity index (χ2n) is 7.66. The first-order valence-corrected chi connectivity index (χ1v) is 10.0. The first-order valence-electron chi connectivity index (χ1n) is 10.0. The molecule has 4 rings (SSSR count). The molecule has 0 aliphatic carbocycles. The summed E-state index contributed by atoms with van der Waals surface area (Å²) in [4.78, 5) is 30.7. The van der Waals surface area contributed by atoms with Crippen molar-refractivity contribution in [2.24, 2.45) is 5.73 Å². The van der Waals surface area contributed by atoms with Gasteiger partial charge in [-0.05, 0) is 42.7 Å². The molecule has 3 aromatic rings. The predicted octanol–water partition coefficient (Wildman–Crippen LogP) is 2.42. The average Bonchev–Trinajstić information content (AvgIpc) is 3.14. The van der Waals surface area contributed by atoms with E-state index in [9.17, 15) is 18.4 Å². The van der Waals surface area contributed by atoms with E-state index in [4.69, 9.17) is 5.73 Å². The van der Waals surface area contributed by atoms with Crippen LogP contribution in [0.25, 0.3) is 16.9 Å². The summed E-state index contributed by atoms with van der Waals surface area (Å²) in [5, 5.41) is 3.92. The Hall–Kier alpha value is -3.66. The van der Waals surface area contributed by atoms with Gasteiger partial charge in [0.2, 0.25) is 5.91 Å². The molecule has 1 aliphatic heterocycles. The first kappa shape index (κ1) is 21.6. The van der Waals surface area contributed by atoms with Crippen molar-refractivity contribution < 1.29 is 13.6 Å². The van der Waals surface area contributed by atoms with Gasteiger partial charge in [-0.3, -0.25) is 9.78 Å². The molecule has 1 aromatic carbocycles. The number of carbonyl (C=O) groups is 1. The highest BCUT2D eigenvalue weighted by Gasteiger charge is 2.21. The van der Waals surface area contributed by atoms with E-state index in [0.29, 0.717) is 18.5 Å². The molecule has 0 atom stereocenters. The van der Waals surface area contributed by atoms with E-state index in [0.717, 1.165) is 32.8 Å². The molecule has 8 nitrogen and oxygen atoms in total. The zero-order valence-corrected chi connectivity index (χ0v) is 17.7. The Bertz CT molecular complexity index is 1290. The van der Waals surface area contributed by atoms with Gasteiger partial charge in [-0.15, -0.1) is 0 Å². The summed E-state index contributed by atoms with van der Waals surface area (Å²) in [5.41, 5.74) is 9.37. The molecule has 0 spiro atoms. The zero-order chi connectivity index (χ0) is 23.0. The van der Waals surface area contributed by atoms with Crippen LogP contribution >= 0.6 is 0 Å². The quantitative estimate of drug-likeness (QED) is 0.657. The molecule has 2 N–H and O–H groups in total. The van der Waals surface area contributed by atoms with Crippen LogP contribution in [0.15, 0.2) is 53.2 Å². The van der Waals surface area contributed by atoms with E-state index >= 15 is 0 Å². The van der Waals surface area contributed by atoms with Gasteiger partial charge in [0.25, 0.3) is 6.08 Å². The zero-order valence-electron chi connectivity index (χ0n) is 17.7. The highest BCUT2D eigenvalue weighted by molar-refractivity contribution is 5.96. The molecule has 0 saturated heterocycles. The Morgan fingerprint density at radius 3 is 2.66 bits per heavy atom. The summed E-state index contributed by atoms with van der Waals surface area (Å²) in [6.45, 7) is 1.15. The number of nitrogens with zero attached hydrogens (tertiary/aromatic N) is 5. The van der Waals surface area contributed by atoms with Gasteiger partial charge in [0.15, 0.2) is 0 Å². The molecular formula is C22H22F2N6O2. The summed E-state index contributed by atoms with van der Waals surface area (Å²) in [7, 11) is 1.77. The molecule has 0 bridgehead atoms. The van der Waals surface area contributed by atoms with Crippen molar-refractivity contribution in [2.75, 3.05) is 18.5 Å². The molecule has 3 heterocycles. The second-order valence-corrected chi connectivity index (χ2v) is 7.66. The van der Waals surface area contributed by atoms with Crippen LogP contribution in [0.4, 0.5) is 14.5 Å². The Balaban J connectivity index is 1.65. The molecule has 10 heteroatoms. The summed E-state index contributed by atoms with van der Waals surface area (Å²) in [6, 6.07) is 7.65. The van der Waals surface area contributed by atoms with Crippen LogP contribution in [0.1, 0.15) is 17.5 Å². The highest BCUT2D eigenvalue weighted by atomic mass is 19.3. The Morgan fingerprint density at radius 1 is 1.19 bits per heavy atom. The largest absolute Gasteiger partial charge is 0.350 e. The van der Waals surface area contributed by atoms with Crippen molar-refractivity contribution in [2.45, 2.75) is 26.3 Å². The molecule has 166 valence electrons. The van der Waals surface area contributed by atoms with Gasteiger partial charge in [0.05, 0.1) is 24.1 Å². The number of aryl methyl sites for hydroxylation is 2. The lowest BCUT2D eigenvalue weighted by atomic mass is 9.96. The first-order chi connectivity index (χ1) is 15.3. The number of carbonyl (C=O) groups excluding carboxylic acids is 1. The number of amides is 1. The molecule has 2 aromatic heterocycles. The van der Waals surface area contributed by atoms with Crippen molar-refractivity contribution in [3.05, 3.63) is 70.1 Å². The van der Waals surface area contributed by atoms with Gasteiger partial charge in [-0.25, -0.2) is 14.0 Å². The van der Waals surface area contributed by atoms with Gasteiger partial charge < -0.3 is 10.6 Å². The number of rotatable bonds is 5. The molecular weight excluding hydrogens is 418 g/mol. The number of benzene rings is 1. The highest BCUT2D eigenvalue weighted by Crippen LogP contribution is 2.32. The fourth-order valence-corrected chi connectivity index (χ4v) is 3.80. The molecule has 1 aliphatic rings. The molecule has 0 radical (unpaired) electrons. The summed E-state index contributed by atoms with van der Waals surface area (Å²) in [5.74, 6) is 0.0956. The number of fused-ring (bicyclic) bond motifs is 1. The third kappa shape index (κ3) is 3.84. The number of hydrogen-bond acceptors (Lipinski definition) is 5. The standard InChI is InChI=1S/C22H22F2N6O2/c1-13-7-17(29-12-27-30(22(29)32)11-16(9-25)21(23)24)10-26-20(13)15-3-5-18-14(8-15)4-6-19(31)28(18)2/h3,5,7-8,10,12H,4,6,9,11,25H2,1-2H3. The second kappa shape index (κ2) is 8.46. The van der Waals surface area contributed by atoms with Crippen molar-refractivity contribution in [3.63, 3.8) is 0 Å². The number of halogens is 2. The maximum atomic E-state index is 12.9. The van der Waals surface area contributed by atoms with E-state index in [1.807, 2.05) is 25.1 Å². The molecule has 32 heavy (non-hydrogen) atoms. The molecule has 0 saturated carbocycles. The number of nitrogens with two attached hydrogens (primary N) is 1. The molecule has 1 amide bonds. The van der Waals surface area contributed by atoms with Crippen LogP contribution < -0.4 is 16.3 Å².